The van der Waals surface area contributed by atoms with E-state index in [1.54, 1.807) is 12.5 Å². The first-order chi connectivity index (χ1) is 10.7. The summed E-state index contributed by atoms with van der Waals surface area (Å²) < 4.78 is 1.96. The number of fused-ring (bicyclic) bond motifs is 2. The van der Waals surface area contributed by atoms with Gasteiger partial charge in [0.1, 0.15) is 0 Å². The summed E-state index contributed by atoms with van der Waals surface area (Å²) in [6.45, 7) is 1.35. The number of nitrogens with one attached hydrogen (secondary N) is 1. The third-order valence-corrected chi connectivity index (χ3v) is 4.79. The van der Waals surface area contributed by atoms with E-state index < -0.39 is 17.8 Å². The summed E-state index contributed by atoms with van der Waals surface area (Å²) >= 11 is 0. The van der Waals surface area contributed by atoms with E-state index in [9.17, 15) is 14.7 Å². The van der Waals surface area contributed by atoms with Crippen LogP contribution in [0.4, 0.5) is 0 Å². The van der Waals surface area contributed by atoms with E-state index in [1.165, 1.54) is 0 Å². The van der Waals surface area contributed by atoms with Gasteiger partial charge < -0.3 is 15.0 Å². The highest BCUT2D eigenvalue weighted by Gasteiger charge is 2.47. The first-order valence-electron chi connectivity index (χ1n) is 7.81. The fourth-order valence-electron chi connectivity index (χ4n) is 3.70. The normalized spacial score (nSPS) is 29.5. The number of amides is 1. The standard InChI is InChI=1S/C16H21N3O3/c20-15(18-6-1-8-19-9-7-17-10-19)13-11-2-4-12(5-3-11)14(13)16(21)22/h2,4,7,9-14H,1,3,5-6,8H2,(H,18,20)(H,21,22)/t11-,12-,13+,14-/m0/s1. The number of allylic oxidation sites excluding steroid dienone is 2. The Morgan fingerprint density at radius 3 is 2.55 bits per heavy atom. The molecule has 1 amide bonds. The van der Waals surface area contributed by atoms with Crippen LogP contribution in [0.2, 0.25) is 0 Å². The van der Waals surface area contributed by atoms with Crippen LogP contribution >= 0.6 is 0 Å². The highest BCUT2D eigenvalue weighted by Crippen LogP contribution is 2.44. The number of nitrogens with zero attached hydrogens (tertiary/aromatic N) is 2. The maximum atomic E-state index is 12.4. The Labute approximate surface area is 129 Å². The summed E-state index contributed by atoms with van der Waals surface area (Å²) in [4.78, 5) is 27.9. The fraction of sp³-hybridized carbons (Fsp3) is 0.562. The van der Waals surface area contributed by atoms with Crippen molar-refractivity contribution in [3.8, 4) is 0 Å². The summed E-state index contributed by atoms with van der Waals surface area (Å²) in [5.41, 5.74) is 0. The van der Waals surface area contributed by atoms with Crippen molar-refractivity contribution in [3.63, 3.8) is 0 Å². The number of carbonyl (C=O) groups excluding carboxylic acids is 1. The summed E-state index contributed by atoms with van der Waals surface area (Å²) in [7, 11) is 0. The molecule has 1 aromatic rings. The molecule has 0 saturated heterocycles. The van der Waals surface area contributed by atoms with Crippen LogP contribution in [-0.2, 0) is 16.1 Å². The number of carboxylic acids is 1. The third kappa shape index (κ3) is 2.91. The molecular formula is C16H21N3O3. The van der Waals surface area contributed by atoms with Crippen LogP contribution in [0.15, 0.2) is 30.9 Å². The van der Waals surface area contributed by atoms with Crippen LogP contribution in [-0.4, -0.2) is 33.1 Å². The molecule has 1 fully saturated rings. The Kier molecular flexibility index (Phi) is 4.27. The van der Waals surface area contributed by atoms with Gasteiger partial charge in [-0.05, 0) is 31.1 Å². The number of aryl methyl sites for hydroxylation is 1. The van der Waals surface area contributed by atoms with Crippen LogP contribution in [0, 0.1) is 23.7 Å². The molecule has 0 unspecified atom stereocenters. The number of hydrogen-bond acceptors (Lipinski definition) is 3. The van der Waals surface area contributed by atoms with Gasteiger partial charge in [0.25, 0.3) is 0 Å². The van der Waals surface area contributed by atoms with Gasteiger partial charge in [0.05, 0.1) is 18.2 Å². The Morgan fingerprint density at radius 1 is 1.23 bits per heavy atom. The highest BCUT2D eigenvalue weighted by atomic mass is 16.4. The molecule has 3 aliphatic carbocycles. The summed E-state index contributed by atoms with van der Waals surface area (Å²) in [6, 6.07) is 0. The molecule has 0 aliphatic heterocycles. The van der Waals surface area contributed by atoms with Crippen LogP contribution < -0.4 is 5.32 Å². The molecule has 4 atom stereocenters. The van der Waals surface area contributed by atoms with E-state index in [1.807, 2.05) is 22.9 Å². The van der Waals surface area contributed by atoms with Crippen LogP contribution in [0.3, 0.4) is 0 Å². The van der Waals surface area contributed by atoms with E-state index >= 15 is 0 Å². The third-order valence-electron chi connectivity index (χ3n) is 4.79. The van der Waals surface area contributed by atoms with Crippen molar-refractivity contribution in [2.24, 2.45) is 23.7 Å². The molecule has 3 aliphatic rings. The van der Waals surface area contributed by atoms with Crippen molar-refractivity contribution in [1.29, 1.82) is 0 Å². The molecule has 22 heavy (non-hydrogen) atoms. The van der Waals surface area contributed by atoms with Gasteiger partial charge in [-0.25, -0.2) is 4.98 Å². The van der Waals surface area contributed by atoms with E-state index in [2.05, 4.69) is 10.3 Å². The van der Waals surface area contributed by atoms with E-state index in [4.69, 9.17) is 0 Å². The maximum Gasteiger partial charge on any atom is 0.307 e. The largest absolute Gasteiger partial charge is 0.481 e. The molecule has 0 aromatic carbocycles. The Hall–Kier alpha value is -2.11. The number of aliphatic carboxylic acids is 1. The van der Waals surface area contributed by atoms with Crippen LogP contribution in [0.1, 0.15) is 19.3 Å². The lowest BCUT2D eigenvalue weighted by Crippen LogP contribution is -2.49. The first-order valence-corrected chi connectivity index (χ1v) is 7.81. The molecule has 6 nitrogen and oxygen atoms in total. The molecule has 2 bridgehead atoms. The topological polar surface area (TPSA) is 84.2 Å². The summed E-state index contributed by atoms with van der Waals surface area (Å²) in [5, 5.41) is 12.4. The molecule has 118 valence electrons. The minimum absolute atomic E-state index is 0.00389. The zero-order chi connectivity index (χ0) is 15.5. The number of imidazole rings is 1. The lowest BCUT2D eigenvalue weighted by Gasteiger charge is -2.41. The number of hydrogen-bond donors (Lipinski definition) is 2. The molecular weight excluding hydrogens is 282 g/mol. The van der Waals surface area contributed by atoms with E-state index in [0.29, 0.717) is 6.54 Å². The van der Waals surface area contributed by atoms with E-state index in [-0.39, 0.29) is 17.7 Å². The van der Waals surface area contributed by atoms with Crippen molar-refractivity contribution < 1.29 is 14.7 Å². The number of rotatable bonds is 6. The smallest absolute Gasteiger partial charge is 0.307 e. The van der Waals surface area contributed by atoms with Gasteiger partial charge in [0, 0.05) is 25.5 Å². The molecule has 1 aromatic heterocycles. The fourth-order valence-corrected chi connectivity index (χ4v) is 3.70. The van der Waals surface area contributed by atoms with Crippen molar-refractivity contribution in [1.82, 2.24) is 14.9 Å². The average molecular weight is 303 g/mol. The second-order valence-electron chi connectivity index (χ2n) is 6.12. The number of aromatic nitrogens is 2. The summed E-state index contributed by atoms with van der Waals surface area (Å²) in [6.07, 6.45) is 12.0. The van der Waals surface area contributed by atoms with Gasteiger partial charge in [-0.15, -0.1) is 0 Å². The molecule has 1 saturated carbocycles. The van der Waals surface area contributed by atoms with E-state index in [0.717, 1.165) is 25.8 Å². The second kappa shape index (κ2) is 6.34. The minimum atomic E-state index is -0.849. The Bertz CT molecular complexity index is 567. The lowest BCUT2D eigenvalue weighted by molar-refractivity contribution is -0.152. The summed E-state index contributed by atoms with van der Waals surface area (Å²) in [5.74, 6) is -1.88. The lowest BCUT2D eigenvalue weighted by atomic mass is 9.62. The van der Waals surface area contributed by atoms with Crippen LogP contribution in [0.5, 0.6) is 0 Å². The van der Waals surface area contributed by atoms with Crippen molar-refractivity contribution in [2.75, 3.05) is 6.54 Å². The van der Waals surface area contributed by atoms with Gasteiger partial charge in [-0.2, -0.15) is 0 Å². The van der Waals surface area contributed by atoms with Gasteiger partial charge >= 0.3 is 5.97 Å². The average Bonchev–Trinajstić information content (AvgIpc) is 3.04. The highest BCUT2D eigenvalue weighted by molar-refractivity contribution is 5.86. The quantitative estimate of drug-likeness (QED) is 0.613. The van der Waals surface area contributed by atoms with Crippen molar-refractivity contribution in [3.05, 3.63) is 30.9 Å². The molecule has 0 spiro atoms. The zero-order valence-corrected chi connectivity index (χ0v) is 12.4. The first kappa shape index (κ1) is 14.8. The van der Waals surface area contributed by atoms with Crippen molar-refractivity contribution in [2.45, 2.75) is 25.8 Å². The predicted molar refractivity (Wildman–Crippen MR) is 79.8 cm³/mol. The maximum absolute atomic E-state index is 12.4. The molecule has 1 heterocycles. The Balaban J connectivity index is 1.54. The van der Waals surface area contributed by atoms with Gasteiger partial charge in [0.2, 0.25) is 5.91 Å². The van der Waals surface area contributed by atoms with Gasteiger partial charge in [0.15, 0.2) is 0 Å². The minimum Gasteiger partial charge on any atom is -0.481 e. The number of carbonyl (C=O) groups is 2. The van der Waals surface area contributed by atoms with Gasteiger partial charge in [-0.1, -0.05) is 12.2 Å². The monoisotopic (exact) mass is 303 g/mol. The van der Waals surface area contributed by atoms with Crippen molar-refractivity contribution >= 4 is 11.9 Å². The SMILES string of the molecule is O=C(O)[C@@H]1[C@H](C(=O)NCCCn2ccnc2)[C@H]2C=C[C@H]1CC2. The number of carboxylic acid groups (broad SMARTS) is 1. The van der Waals surface area contributed by atoms with Crippen LogP contribution in [0.25, 0.3) is 0 Å². The Morgan fingerprint density at radius 2 is 1.95 bits per heavy atom. The molecule has 6 heteroatoms. The second-order valence-corrected chi connectivity index (χ2v) is 6.12. The van der Waals surface area contributed by atoms with Gasteiger partial charge in [-0.3, -0.25) is 9.59 Å². The molecule has 0 radical (unpaired) electrons. The molecule has 4 rings (SSSR count). The molecule has 2 N–H and O–H groups in total. The predicted octanol–water partition coefficient (Wildman–Crippen LogP) is 1.30. The zero-order valence-electron chi connectivity index (χ0n) is 12.4.